The fourth-order valence-electron chi connectivity index (χ4n) is 2.86. The minimum Gasteiger partial charge on any atom is -0.330 e. The summed E-state index contributed by atoms with van der Waals surface area (Å²) in [5.41, 5.74) is 9.66. The molecule has 0 amide bonds. The summed E-state index contributed by atoms with van der Waals surface area (Å²) in [6, 6.07) is 0. The first-order chi connectivity index (χ1) is 7.16. The van der Waals surface area contributed by atoms with Crippen LogP contribution in [0.1, 0.15) is 49.1 Å². The third-order valence-electron chi connectivity index (χ3n) is 4.17. The highest BCUT2D eigenvalue weighted by Crippen LogP contribution is 2.66. The fourth-order valence-corrected chi connectivity index (χ4v) is 4.10. The molecule has 0 saturated heterocycles. The Labute approximate surface area is 94.9 Å². The quantitative estimate of drug-likeness (QED) is 0.854. The molecule has 0 radical (unpaired) electrons. The molecular weight excluding hydrogens is 204 g/mol. The van der Waals surface area contributed by atoms with Crippen molar-refractivity contribution in [3.05, 3.63) is 16.1 Å². The van der Waals surface area contributed by atoms with Gasteiger partial charge in [-0.05, 0) is 30.7 Å². The number of rotatable bonds is 3. The molecule has 0 spiro atoms. The van der Waals surface area contributed by atoms with Crippen LogP contribution in [0.4, 0.5) is 0 Å². The summed E-state index contributed by atoms with van der Waals surface area (Å²) in [4.78, 5) is 6.09. The van der Waals surface area contributed by atoms with E-state index in [1.54, 1.807) is 0 Å². The molecule has 3 rings (SSSR count). The lowest BCUT2D eigenvalue weighted by atomic mass is 10.1. The zero-order valence-electron chi connectivity index (χ0n) is 9.36. The van der Waals surface area contributed by atoms with E-state index in [1.165, 1.54) is 23.4 Å². The third-order valence-corrected chi connectivity index (χ3v) is 5.10. The molecule has 1 aromatic heterocycles. The van der Waals surface area contributed by atoms with E-state index in [0.717, 1.165) is 12.5 Å². The van der Waals surface area contributed by atoms with Gasteiger partial charge in [-0.15, -0.1) is 11.3 Å². The van der Waals surface area contributed by atoms with Crippen molar-refractivity contribution in [1.29, 1.82) is 0 Å². The highest BCUT2D eigenvalue weighted by atomic mass is 32.1. The predicted molar refractivity (Wildman–Crippen MR) is 63.2 cm³/mol. The van der Waals surface area contributed by atoms with Crippen LogP contribution < -0.4 is 5.73 Å². The summed E-state index contributed by atoms with van der Waals surface area (Å²) in [6.45, 7) is 5.50. The van der Waals surface area contributed by atoms with Gasteiger partial charge in [0.25, 0.3) is 0 Å². The van der Waals surface area contributed by atoms with Crippen LogP contribution in [-0.4, -0.2) is 11.5 Å². The van der Waals surface area contributed by atoms with Crippen LogP contribution in [0.5, 0.6) is 0 Å². The molecule has 2 nitrogen and oxygen atoms in total. The highest BCUT2D eigenvalue weighted by Gasteiger charge is 2.59. The van der Waals surface area contributed by atoms with Crippen LogP contribution in [0.15, 0.2) is 5.51 Å². The Morgan fingerprint density at radius 2 is 2.27 bits per heavy atom. The molecule has 2 fully saturated rings. The second-order valence-electron chi connectivity index (χ2n) is 5.52. The van der Waals surface area contributed by atoms with Gasteiger partial charge in [-0.3, -0.25) is 0 Å². The molecule has 2 aliphatic rings. The lowest BCUT2D eigenvalue weighted by molar-refractivity contribution is 0.559. The van der Waals surface area contributed by atoms with Crippen molar-refractivity contribution >= 4 is 11.3 Å². The maximum absolute atomic E-state index is 5.83. The molecule has 2 N–H and O–H groups in total. The Bertz CT molecular complexity index is 379. The predicted octanol–water partition coefficient (Wildman–Crippen LogP) is 2.72. The van der Waals surface area contributed by atoms with E-state index < -0.39 is 0 Å². The maximum Gasteiger partial charge on any atom is 0.0797 e. The summed E-state index contributed by atoms with van der Waals surface area (Å²) >= 11 is 1.84. The molecule has 2 saturated carbocycles. The lowest BCUT2D eigenvalue weighted by Gasteiger charge is -2.02. The molecule has 0 aromatic carbocycles. The van der Waals surface area contributed by atoms with E-state index in [-0.39, 0.29) is 0 Å². The standard InChI is InChI=1S/C12H18N2S/c1-12(2)8(5-13)9(12)11-10(7-3-4-7)14-6-15-11/h6-9H,3-5,13H2,1-2H3/t8-,9+/m1/s1. The van der Waals surface area contributed by atoms with E-state index in [2.05, 4.69) is 18.8 Å². The van der Waals surface area contributed by atoms with Crippen LogP contribution in [0.2, 0.25) is 0 Å². The first-order valence-corrected chi connectivity index (χ1v) is 6.67. The topological polar surface area (TPSA) is 38.9 Å². The molecule has 3 heteroatoms. The Kier molecular flexibility index (Phi) is 1.99. The largest absolute Gasteiger partial charge is 0.330 e. The second-order valence-corrected chi connectivity index (χ2v) is 6.40. The van der Waals surface area contributed by atoms with Gasteiger partial charge >= 0.3 is 0 Å². The van der Waals surface area contributed by atoms with Crippen LogP contribution >= 0.6 is 11.3 Å². The first kappa shape index (κ1) is 9.79. The number of thiazole rings is 1. The molecule has 2 aliphatic carbocycles. The zero-order valence-corrected chi connectivity index (χ0v) is 10.2. The Morgan fingerprint density at radius 1 is 1.53 bits per heavy atom. The number of hydrogen-bond acceptors (Lipinski definition) is 3. The minimum absolute atomic E-state index is 0.408. The Morgan fingerprint density at radius 3 is 2.80 bits per heavy atom. The smallest absolute Gasteiger partial charge is 0.0797 e. The molecule has 82 valence electrons. The van der Waals surface area contributed by atoms with Crippen molar-refractivity contribution < 1.29 is 0 Å². The van der Waals surface area contributed by atoms with Gasteiger partial charge in [0.1, 0.15) is 0 Å². The van der Waals surface area contributed by atoms with E-state index in [9.17, 15) is 0 Å². The normalized spacial score (nSPS) is 33.0. The average Bonchev–Trinajstić information content (AvgIpc) is 3.06. The lowest BCUT2D eigenvalue weighted by Crippen LogP contribution is -2.05. The molecule has 0 bridgehead atoms. The van der Waals surface area contributed by atoms with Crippen molar-refractivity contribution in [3.8, 4) is 0 Å². The zero-order chi connectivity index (χ0) is 10.6. The van der Waals surface area contributed by atoms with E-state index in [0.29, 0.717) is 17.3 Å². The maximum atomic E-state index is 5.83. The van der Waals surface area contributed by atoms with Crippen LogP contribution in [-0.2, 0) is 0 Å². The Balaban J connectivity index is 1.90. The van der Waals surface area contributed by atoms with Crippen molar-refractivity contribution in [2.24, 2.45) is 17.1 Å². The molecule has 0 aliphatic heterocycles. The molecule has 15 heavy (non-hydrogen) atoms. The summed E-state index contributed by atoms with van der Waals surface area (Å²) < 4.78 is 0. The second kappa shape index (κ2) is 3.05. The van der Waals surface area contributed by atoms with Crippen molar-refractivity contribution in [1.82, 2.24) is 4.98 Å². The summed E-state index contributed by atoms with van der Waals surface area (Å²) in [6.07, 6.45) is 2.69. The molecular formula is C12H18N2S. The van der Waals surface area contributed by atoms with E-state index in [1.807, 2.05) is 16.8 Å². The summed E-state index contributed by atoms with van der Waals surface area (Å²) in [5, 5.41) is 0. The number of hydrogen-bond donors (Lipinski definition) is 1. The number of nitrogens with two attached hydrogens (primary N) is 1. The number of nitrogens with zero attached hydrogens (tertiary/aromatic N) is 1. The monoisotopic (exact) mass is 222 g/mol. The molecule has 2 atom stereocenters. The van der Waals surface area contributed by atoms with Crippen LogP contribution in [0.3, 0.4) is 0 Å². The van der Waals surface area contributed by atoms with Gasteiger partial charge in [-0.1, -0.05) is 13.8 Å². The number of aromatic nitrogens is 1. The van der Waals surface area contributed by atoms with Crippen LogP contribution in [0, 0.1) is 11.3 Å². The van der Waals surface area contributed by atoms with Gasteiger partial charge in [-0.25, -0.2) is 4.98 Å². The van der Waals surface area contributed by atoms with Gasteiger partial charge in [-0.2, -0.15) is 0 Å². The van der Waals surface area contributed by atoms with Crippen molar-refractivity contribution in [2.75, 3.05) is 6.54 Å². The van der Waals surface area contributed by atoms with Crippen LogP contribution in [0.25, 0.3) is 0 Å². The molecule has 1 heterocycles. The average molecular weight is 222 g/mol. The van der Waals surface area contributed by atoms with Gasteiger partial charge in [0.15, 0.2) is 0 Å². The Hall–Kier alpha value is -0.410. The SMILES string of the molecule is CC1(C)[C@H](CN)[C@H]1c1scnc1C1CC1. The van der Waals surface area contributed by atoms with Gasteiger partial charge in [0.2, 0.25) is 0 Å². The summed E-state index contributed by atoms with van der Waals surface area (Å²) in [5.74, 6) is 2.14. The van der Waals surface area contributed by atoms with Crippen molar-refractivity contribution in [3.63, 3.8) is 0 Å². The van der Waals surface area contributed by atoms with E-state index in [4.69, 9.17) is 5.73 Å². The van der Waals surface area contributed by atoms with Gasteiger partial charge in [0, 0.05) is 16.7 Å². The van der Waals surface area contributed by atoms with Crippen molar-refractivity contribution in [2.45, 2.75) is 38.5 Å². The highest BCUT2D eigenvalue weighted by molar-refractivity contribution is 7.09. The third kappa shape index (κ3) is 1.36. The van der Waals surface area contributed by atoms with Gasteiger partial charge < -0.3 is 5.73 Å². The fraction of sp³-hybridized carbons (Fsp3) is 0.750. The van der Waals surface area contributed by atoms with Gasteiger partial charge in [0.05, 0.1) is 11.2 Å². The first-order valence-electron chi connectivity index (χ1n) is 5.79. The molecule has 1 aromatic rings. The molecule has 0 unspecified atom stereocenters. The minimum atomic E-state index is 0.408. The summed E-state index contributed by atoms with van der Waals surface area (Å²) in [7, 11) is 0. The van der Waals surface area contributed by atoms with E-state index >= 15 is 0 Å².